The summed E-state index contributed by atoms with van der Waals surface area (Å²) in [4.78, 5) is 24.4. The first-order chi connectivity index (χ1) is 12.8. The molecular weight excluding hydrogens is 393 g/mol. The summed E-state index contributed by atoms with van der Waals surface area (Å²) in [5.41, 5.74) is 0.602. The van der Waals surface area contributed by atoms with Crippen LogP contribution in [0.25, 0.3) is 0 Å². The Balaban J connectivity index is 1.82. The van der Waals surface area contributed by atoms with Gasteiger partial charge in [0.05, 0.1) is 22.8 Å². The van der Waals surface area contributed by atoms with Crippen molar-refractivity contribution in [1.29, 1.82) is 0 Å². The first-order valence-electron chi connectivity index (χ1n) is 7.88. The van der Waals surface area contributed by atoms with Gasteiger partial charge in [-0.3, -0.25) is 9.59 Å². The Bertz CT molecular complexity index is 914. The van der Waals surface area contributed by atoms with Crippen molar-refractivity contribution in [3.8, 4) is 0 Å². The van der Waals surface area contributed by atoms with E-state index in [0.717, 1.165) is 29.2 Å². The number of sulfone groups is 1. The molecule has 1 amide bonds. The summed E-state index contributed by atoms with van der Waals surface area (Å²) in [6.07, 6.45) is 1.46. The zero-order chi connectivity index (χ0) is 19.9. The van der Waals surface area contributed by atoms with E-state index in [4.69, 9.17) is 4.74 Å². The topological polar surface area (TPSA) is 89.5 Å². The molecule has 0 fully saturated rings. The van der Waals surface area contributed by atoms with Crippen molar-refractivity contribution in [2.24, 2.45) is 0 Å². The van der Waals surface area contributed by atoms with Gasteiger partial charge in [0.15, 0.2) is 16.4 Å². The smallest absolute Gasteiger partial charge is 0.307 e. The van der Waals surface area contributed by atoms with Gasteiger partial charge in [-0.2, -0.15) is 0 Å². The highest BCUT2D eigenvalue weighted by molar-refractivity contribution is 7.98. The fourth-order valence-corrected chi connectivity index (χ4v) is 3.91. The van der Waals surface area contributed by atoms with Crippen molar-refractivity contribution in [3.05, 3.63) is 54.3 Å². The molecule has 0 atom stereocenters. The van der Waals surface area contributed by atoms with Crippen molar-refractivity contribution in [2.75, 3.05) is 23.9 Å². The predicted molar refractivity (Wildman–Crippen MR) is 101 cm³/mol. The lowest BCUT2D eigenvalue weighted by Crippen LogP contribution is -2.22. The van der Waals surface area contributed by atoms with Crippen LogP contribution in [0.3, 0.4) is 0 Å². The van der Waals surface area contributed by atoms with Gasteiger partial charge < -0.3 is 10.1 Å². The van der Waals surface area contributed by atoms with E-state index in [1.165, 1.54) is 11.8 Å². The molecule has 0 aromatic heterocycles. The van der Waals surface area contributed by atoms with E-state index in [-0.39, 0.29) is 4.90 Å². The summed E-state index contributed by atoms with van der Waals surface area (Å²) in [5.74, 6) is -2.38. The number of para-hydroxylation sites is 1. The van der Waals surface area contributed by atoms with Crippen molar-refractivity contribution >= 4 is 39.2 Å². The maximum atomic E-state index is 12.9. The van der Waals surface area contributed by atoms with Gasteiger partial charge in [-0.05, 0) is 42.7 Å². The zero-order valence-electron chi connectivity index (χ0n) is 14.5. The Morgan fingerprint density at radius 1 is 1.11 bits per heavy atom. The van der Waals surface area contributed by atoms with E-state index in [1.54, 1.807) is 12.1 Å². The van der Waals surface area contributed by atoms with Crippen molar-refractivity contribution in [1.82, 2.24) is 0 Å². The van der Waals surface area contributed by atoms with Crippen LogP contribution in [-0.4, -0.2) is 38.9 Å². The monoisotopic (exact) mass is 411 g/mol. The second kappa shape index (κ2) is 9.52. The summed E-state index contributed by atoms with van der Waals surface area (Å²) in [7, 11) is -3.74. The number of hydrogen-bond donors (Lipinski definition) is 1. The molecule has 27 heavy (non-hydrogen) atoms. The molecule has 0 unspecified atom stereocenters. The Kier molecular flexibility index (Phi) is 7.37. The lowest BCUT2D eigenvalue weighted by Gasteiger charge is -2.09. The fourth-order valence-electron chi connectivity index (χ4n) is 2.13. The number of halogens is 1. The Labute approximate surface area is 161 Å². The third kappa shape index (κ3) is 6.37. The molecule has 0 aliphatic heterocycles. The van der Waals surface area contributed by atoms with Crippen LogP contribution < -0.4 is 5.32 Å². The highest BCUT2D eigenvalue weighted by Gasteiger charge is 2.18. The first kappa shape index (κ1) is 20.9. The van der Waals surface area contributed by atoms with Crippen LogP contribution in [0.1, 0.15) is 6.42 Å². The average Bonchev–Trinajstić information content (AvgIpc) is 2.65. The van der Waals surface area contributed by atoms with Crippen LogP contribution in [0.15, 0.2) is 58.3 Å². The minimum Gasteiger partial charge on any atom is -0.456 e. The van der Waals surface area contributed by atoms with Crippen molar-refractivity contribution < 1.29 is 27.1 Å². The molecule has 0 saturated carbocycles. The molecule has 0 aliphatic carbocycles. The Morgan fingerprint density at radius 3 is 2.44 bits per heavy atom. The van der Waals surface area contributed by atoms with Crippen molar-refractivity contribution in [2.45, 2.75) is 16.2 Å². The first-order valence-corrected chi connectivity index (χ1v) is 10.8. The quantitative estimate of drug-likeness (QED) is 0.408. The summed E-state index contributed by atoms with van der Waals surface area (Å²) in [6.45, 7) is -0.516. The molecule has 2 aromatic carbocycles. The van der Waals surface area contributed by atoms with Crippen LogP contribution >= 0.6 is 11.8 Å². The minimum atomic E-state index is -3.74. The van der Waals surface area contributed by atoms with E-state index in [2.05, 4.69) is 5.32 Å². The molecule has 0 aliphatic rings. The van der Waals surface area contributed by atoms with Gasteiger partial charge in [-0.15, -0.1) is 11.8 Å². The molecule has 2 rings (SSSR count). The number of nitrogens with one attached hydrogen (secondary N) is 1. The molecule has 2 aromatic rings. The van der Waals surface area contributed by atoms with E-state index >= 15 is 0 Å². The number of esters is 1. The number of carbonyl (C=O) groups excluding carboxylic acids is 2. The number of carbonyl (C=O) groups is 2. The van der Waals surface area contributed by atoms with E-state index in [0.29, 0.717) is 5.69 Å². The van der Waals surface area contributed by atoms with E-state index in [9.17, 15) is 22.4 Å². The van der Waals surface area contributed by atoms with Crippen LogP contribution in [0, 0.1) is 5.82 Å². The second-order valence-electron chi connectivity index (χ2n) is 5.43. The highest BCUT2D eigenvalue weighted by atomic mass is 32.2. The van der Waals surface area contributed by atoms with Crippen LogP contribution in [-0.2, 0) is 24.2 Å². The maximum Gasteiger partial charge on any atom is 0.307 e. The molecule has 144 valence electrons. The fraction of sp³-hybridized carbons (Fsp3) is 0.222. The van der Waals surface area contributed by atoms with E-state index in [1.807, 2.05) is 18.4 Å². The largest absolute Gasteiger partial charge is 0.456 e. The van der Waals surface area contributed by atoms with Crippen molar-refractivity contribution in [3.63, 3.8) is 0 Å². The second-order valence-corrected chi connectivity index (χ2v) is 8.39. The van der Waals surface area contributed by atoms with Gasteiger partial charge in [0, 0.05) is 4.90 Å². The number of rotatable bonds is 8. The lowest BCUT2D eigenvalue weighted by molar-refractivity contribution is -0.146. The summed E-state index contributed by atoms with van der Waals surface area (Å²) in [6, 6.07) is 11.5. The molecule has 1 N–H and O–H groups in total. The normalized spacial score (nSPS) is 11.0. The van der Waals surface area contributed by atoms with Gasteiger partial charge >= 0.3 is 5.97 Å². The molecule has 0 radical (unpaired) electrons. The van der Waals surface area contributed by atoms with Crippen LogP contribution in [0.2, 0.25) is 0 Å². The van der Waals surface area contributed by atoms with Crippen LogP contribution in [0.4, 0.5) is 10.1 Å². The van der Waals surface area contributed by atoms with Crippen LogP contribution in [0.5, 0.6) is 0 Å². The molecule has 0 heterocycles. The predicted octanol–water partition coefficient (Wildman–Crippen LogP) is 2.89. The molecule has 6 nitrogen and oxygen atoms in total. The number of hydrogen-bond acceptors (Lipinski definition) is 6. The number of benzene rings is 2. The molecule has 0 bridgehead atoms. The Morgan fingerprint density at radius 2 is 1.78 bits per heavy atom. The number of thioether (sulfide) groups is 1. The van der Waals surface area contributed by atoms with Gasteiger partial charge in [0.2, 0.25) is 0 Å². The standard InChI is InChI=1S/C18H18FNO5S2/c1-26-16-5-3-2-4-15(16)20-17(21)12-25-18(22)10-11-27(23,24)14-8-6-13(19)7-9-14/h2-9H,10-12H2,1H3,(H,20,21). The minimum absolute atomic E-state index is 0.0804. The van der Waals surface area contributed by atoms with Gasteiger partial charge in [-0.1, -0.05) is 12.1 Å². The maximum absolute atomic E-state index is 12.9. The summed E-state index contributed by atoms with van der Waals surface area (Å²) in [5, 5.41) is 2.63. The highest BCUT2D eigenvalue weighted by Crippen LogP contribution is 2.24. The number of amides is 1. The molecule has 0 spiro atoms. The summed E-state index contributed by atoms with van der Waals surface area (Å²) >= 11 is 1.46. The zero-order valence-corrected chi connectivity index (χ0v) is 16.1. The van der Waals surface area contributed by atoms with Gasteiger partial charge in [0.25, 0.3) is 5.91 Å². The van der Waals surface area contributed by atoms with E-state index < -0.39 is 46.3 Å². The molecule has 0 saturated heterocycles. The average molecular weight is 411 g/mol. The van der Waals surface area contributed by atoms with Gasteiger partial charge in [-0.25, -0.2) is 12.8 Å². The lowest BCUT2D eigenvalue weighted by atomic mass is 10.3. The molecule has 9 heteroatoms. The van der Waals surface area contributed by atoms with Gasteiger partial charge in [0.1, 0.15) is 5.82 Å². The number of ether oxygens (including phenoxy) is 1. The molecular formula is C18H18FNO5S2. The SMILES string of the molecule is CSc1ccccc1NC(=O)COC(=O)CCS(=O)(=O)c1ccc(F)cc1. The third-order valence-corrected chi connectivity index (χ3v) is 6.02. The third-order valence-electron chi connectivity index (χ3n) is 3.49. The Hall–Kier alpha value is -2.39. The summed E-state index contributed by atoms with van der Waals surface area (Å²) < 4.78 is 41.9. The number of anilines is 1.